The molecule has 0 radical (unpaired) electrons. The van der Waals surface area contributed by atoms with E-state index in [1.54, 1.807) is 13.2 Å². The second-order valence-corrected chi connectivity index (χ2v) is 5.59. The maximum absolute atomic E-state index is 10.1. The third kappa shape index (κ3) is 5.61. The summed E-state index contributed by atoms with van der Waals surface area (Å²) in [5, 5.41) is 25.0. The minimum atomic E-state index is -1.33. The van der Waals surface area contributed by atoms with Gasteiger partial charge in [-0.2, -0.15) is 0 Å². The van der Waals surface area contributed by atoms with Crippen LogP contribution in [0.2, 0.25) is 0 Å². The molecule has 2 saturated carbocycles. The van der Waals surface area contributed by atoms with Crippen molar-refractivity contribution in [1.29, 1.82) is 0 Å². The lowest BCUT2D eigenvalue weighted by atomic mass is 10.2. The number of aliphatic hydroxyl groups is 1. The Morgan fingerprint density at radius 1 is 1.10 bits per heavy atom. The van der Waals surface area contributed by atoms with Crippen LogP contribution >= 0.6 is 0 Å². The fourth-order valence-corrected chi connectivity index (χ4v) is 1.22. The summed E-state index contributed by atoms with van der Waals surface area (Å²) in [6, 6.07) is 0. The van der Waals surface area contributed by atoms with E-state index in [4.69, 9.17) is 20.1 Å². The number of hydrogen-bond acceptors (Lipinski definition) is 4. The minimum Gasteiger partial charge on any atom is -0.502 e. The van der Waals surface area contributed by atoms with E-state index in [0.717, 1.165) is 19.4 Å². The highest BCUT2D eigenvalue weighted by Crippen LogP contribution is 2.44. The van der Waals surface area contributed by atoms with Crippen molar-refractivity contribution in [3.05, 3.63) is 12.3 Å². The zero-order valence-electron chi connectivity index (χ0n) is 11.7. The Kier molecular flexibility index (Phi) is 5.56. The first kappa shape index (κ1) is 16.5. The normalized spacial score (nSPS) is 22.9. The van der Waals surface area contributed by atoms with E-state index in [1.807, 2.05) is 6.08 Å². The van der Waals surface area contributed by atoms with Gasteiger partial charge in [-0.05, 0) is 51.5 Å². The molecule has 1 heterocycles. The van der Waals surface area contributed by atoms with Crippen LogP contribution in [0.4, 0.5) is 0 Å². The molecule has 0 aromatic rings. The molecular weight excluding hydrogens is 264 g/mol. The molecule has 1 aliphatic heterocycles. The Morgan fingerprint density at radius 3 is 1.75 bits per heavy atom. The van der Waals surface area contributed by atoms with E-state index in [1.165, 1.54) is 12.8 Å². The third-order valence-electron chi connectivity index (χ3n) is 3.46. The molecule has 0 spiro atoms. The first-order valence-electron chi connectivity index (χ1n) is 6.76. The molecule has 20 heavy (non-hydrogen) atoms. The lowest BCUT2D eigenvalue weighted by Crippen LogP contribution is -2.20. The second-order valence-electron chi connectivity index (χ2n) is 5.59. The molecule has 0 aromatic heterocycles. The van der Waals surface area contributed by atoms with Crippen LogP contribution in [0.5, 0.6) is 0 Å². The van der Waals surface area contributed by atoms with Gasteiger partial charge >= 0.3 is 11.9 Å². The number of ether oxygens (including phenoxy) is 1. The lowest BCUT2D eigenvalue weighted by molar-refractivity contribution is -0.149. The number of rotatable bonds is 2. The largest absolute Gasteiger partial charge is 0.502 e. The second kappa shape index (κ2) is 6.74. The summed E-state index contributed by atoms with van der Waals surface area (Å²) in [5.74, 6) is -1.74. The van der Waals surface area contributed by atoms with Gasteiger partial charge in [0.15, 0.2) is 5.60 Å². The molecule has 0 bridgehead atoms. The summed E-state index contributed by atoms with van der Waals surface area (Å²) in [7, 11) is 0. The highest BCUT2D eigenvalue weighted by Gasteiger charge is 2.48. The molecule has 3 rings (SSSR count). The van der Waals surface area contributed by atoms with Crippen molar-refractivity contribution in [2.75, 3.05) is 6.61 Å². The molecule has 2 fully saturated rings. The Labute approximate surface area is 118 Å². The van der Waals surface area contributed by atoms with Gasteiger partial charge in [-0.15, -0.1) is 0 Å². The van der Waals surface area contributed by atoms with Crippen LogP contribution < -0.4 is 0 Å². The van der Waals surface area contributed by atoms with Crippen LogP contribution in [0.1, 0.15) is 45.4 Å². The van der Waals surface area contributed by atoms with Gasteiger partial charge in [0.25, 0.3) is 0 Å². The van der Waals surface area contributed by atoms with Crippen LogP contribution in [0.25, 0.3) is 0 Å². The fraction of sp³-hybridized carbons (Fsp3) is 0.714. The number of aliphatic carboxylic acids is 2. The van der Waals surface area contributed by atoms with Crippen LogP contribution in [0.3, 0.4) is 0 Å². The molecule has 2 aliphatic carbocycles. The van der Waals surface area contributed by atoms with Crippen molar-refractivity contribution < 1.29 is 29.6 Å². The summed E-state index contributed by atoms with van der Waals surface area (Å²) in [4.78, 5) is 19.9. The standard InChI is InChI=1S/C5H8O2.C5H8O.C4H6O3/c1-5(2-3-5)4(6)7;1-2-4-6-5-3-1;5-3(6)4(7)1-2-4/h2-3H2,1H3,(H,6,7);2,4H,1,3,5H2;7H,1-2H2,(H,5,6). The van der Waals surface area contributed by atoms with Gasteiger partial charge in [0.2, 0.25) is 0 Å². The third-order valence-corrected chi connectivity index (χ3v) is 3.46. The predicted octanol–water partition coefficient (Wildman–Crippen LogP) is 1.78. The average molecular weight is 286 g/mol. The molecule has 6 nitrogen and oxygen atoms in total. The highest BCUT2D eigenvalue weighted by molar-refractivity contribution is 5.80. The molecule has 0 saturated heterocycles. The average Bonchev–Trinajstić information content (AvgIpc) is 3.33. The van der Waals surface area contributed by atoms with Crippen molar-refractivity contribution in [3.8, 4) is 0 Å². The Morgan fingerprint density at radius 2 is 1.70 bits per heavy atom. The summed E-state index contributed by atoms with van der Waals surface area (Å²) in [5.41, 5.74) is -1.67. The van der Waals surface area contributed by atoms with Gasteiger partial charge in [-0.1, -0.05) is 0 Å². The zero-order chi connectivity index (χ0) is 15.2. The molecule has 3 aliphatic rings. The molecule has 6 heteroatoms. The van der Waals surface area contributed by atoms with Crippen LogP contribution in [0, 0.1) is 5.41 Å². The Hall–Kier alpha value is -1.56. The smallest absolute Gasteiger partial charge is 0.335 e. The highest BCUT2D eigenvalue weighted by atomic mass is 16.5. The van der Waals surface area contributed by atoms with Gasteiger partial charge in [-0.25, -0.2) is 4.79 Å². The number of hydrogen-bond donors (Lipinski definition) is 3. The van der Waals surface area contributed by atoms with Gasteiger partial charge in [0, 0.05) is 0 Å². The van der Waals surface area contributed by atoms with Gasteiger partial charge in [0.05, 0.1) is 18.3 Å². The van der Waals surface area contributed by atoms with Gasteiger partial charge < -0.3 is 20.1 Å². The summed E-state index contributed by atoms with van der Waals surface area (Å²) in [6.45, 7) is 2.69. The maximum Gasteiger partial charge on any atom is 0.335 e. The van der Waals surface area contributed by atoms with E-state index in [2.05, 4.69) is 0 Å². The molecule has 3 N–H and O–H groups in total. The summed E-state index contributed by atoms with van der Waals surface area (Å²) < 4.78 is 4.89. The topological polar surface area (TPSA) is 104 Å². The van der Waals surface area contributed by atoms with Crippen LogP contribution in [-0.2, 0) is 14.3 Å². The van der Waals surface area contributed by atoms with Crippen LogP contribution in [0.15, 0.2) is 12.3 Å². The van der Waals surface area contributed by atoms with Crippen molar-refractivity contribution in [2.45, 2.75) is 51.0 Å². The Balaban J connectivity index is 0.000000151. The molecule has 0 atom stereocenters. The fourth-order valence-electron chi connectivity index (χ4n) is 1.22. The van der Waals surface area contributed by atoms with Crippen LogP contribution in [-0.4, -0.2) is 39.5 Å². The van der Waals surface area contributed by atoms with E-state index >= 15 is 0 Å². The SMILES string of the molecule is C1=COCCC1.CC1(C(=O)O)CC1.O=C(O)C1(O)CC1. The molecular formula is C14H22O6. The maximum atomic E-state index is 10.1. The van der Waals surface area contributed by atoms with Crippen molar-refractivity contribution in [3.63, 3.8) is 0 Å². The summed E-state index contributed by atoms with van der Waals surface area (Å²) >= 11 is 0. The van der Waals surface area contributed by atoms with E-state index in [9.17, 15) is 9.59 Å². The lowest BCUT2D eigenvalue weighted by Gasteiger charge is -2.01. The predicted molar refractivity (Wildman–Crippen MR) is 71.1 cm³/mol. The monoisotopic (exact) mass is 286 g/mol. The van der Waals surface area contributed by atoms with E-state index in [0.29, 0.717) is 12.8 Å². The van der Waals surface area contributed by atoms with Gasteiger partial charge in [0.1, 0.15) is 0 Å². The zero-order valence-corrected chi connectivity index (χ0v) is 11.7. The molecule has 0 unspecified atom stereocenters. The number of carboxylic acids is 2. The van der Waals surface area contributed by atoms with Crippen molar-refractivity contribution in [1.82, 2.24) is 0 Å². The quantitative estimate of drug-likeness (QED) is 0.714. The molecule has 0 aromatic carbocycles. The van der Waals surface area contributed by atoms with E-state index in [-0.39, 0.29) is 5.41 Å². The minimum absolute atomic E-state index is 0.333. The molecule has 0 amide bonds. The molecule has 114 valence electrons. The number of allylic oxidation sites excluding steroid dienone is 1. The van der Waals surface area contributed by atoms with E-state index < -0.39 is 17.5 Å². The first-order valence-corrected chi connectivity index (χ1v) is 6.76. The first-order chi connectivity index (χ1) is 9.30. The van der Waals surface area contributed by atoms with Gasteiger partial charge in [-0.3, -0.25) is 4.79 Å². The summed E-state index contributed by atoms with van der Waals surface area (Å²) in [6.07, 6.45) is 8.76. The Bertz CT molecular complexity index is 343. The number of carbonyl (C=O) groups is 2. The number of carboxylic acid groups (broad SMARTS) is 2. The van der Waals surface area contributed by atoms with Crippen molar-refractivity contribution >= 4 is 11.9 Å². The van der Waals surface area contributed by atoms with Crippen molar-refractivity contribution in [2.24, 2.45) is 5.41 Å².